The van der Waals surface area contributed by atoms with Gasteiger partial charge in [0, 0.05) is 41.6 Å². The lowest BCUT2D eigenvalue weighted by atomic mass is 10.1. The van der Waals surface area contributed by atoms with Gasteiger partial charge in [-0.05, 0) is 30.2 Å². The molecule has 0 fully saturated rings. The van der Waals surface area contributed by atoms with Crippen LogP contribution in [0.3, 0.4) is 0 Å². The van der Waals surface area contributed by atoms with E-state index >= 15 is 0 Å². The third-order valence-electron chi connectivity index (χ3n) is 3.93. The number of benzene rings is 2. The minimum Gasteiger partial charge on any atom is -0.508 e. The summed E-state index contributed by atoms with van der Waals surface area (Å²) in [6.45, 7) is 0.590. The summed E-state index contributed by atoms with van der Waals surface area (Å²) in [6, 6.07) is 16.1. The fourth-order valence-corrected chi connectivity index (χ4v) is 2.65. The average molecular weight is 346 g/mol. The quantitative estimate of drug-likeness (QED) is 0.313. The number of para-hydroxylation sites is 1. The van der Waals surface area contributed by atoms with Gasteiger partial charge in [-0.2, -0.15) is 5.26 Å². The summed E-state index contributed by atoms with van der Waals surface area (Å²) in [6.07, 6.45) is 4.14. The molecule has 1 amide bonds. The van der Waals surface area contributed by atoms with Crippen molar-refractivity contribution in [2.75, 3.05) is 11.9 Å². The van der Waals surface area contributed by atoms with Crippen molar-refractivity contribution in [3.05, 3.63) is 72.1 Å². The minimum atomic E-state index is -0.530. The van der Waals surface area contributed by atoms with Crippen molar-refractivity contribution in [1.82, 2.24) is 10.3 Å². The van der Waals surface area contributed by atoms with E-state index < -0.39 is 5.91 Å². The van der Waals surface area contributed by atoms with Gasteiger partial charge in [-0.1, -0.05) is 24.3 Å². The van der Waals surface area contributed by atoms with Gasteiger partial charge in [0.15, 0.2) is 0 Å². The Bertz CT molecular complexity index is 998. The maximum atomic E-state index is 12.1. The number of nitrogens with one attached hydrogen (secondary N) is 3. The first kappa shape index (κ1) is 17.1. The van der Waals surface area contributed by atoms with Gasteiger partial charge in [-0.15, -0.1) is 0 Å². The van der Waals surface area contributed by atoms with E-state index in [1.54, 1.807) is 12.1 Å². The summed E-state index contributed by atoms with van der Waals surface area (Å²) in [7, 11) is 0. The third kappa shape index (κ3) is 4.02. The summed E-state index contributed by atoms with van der Waals surface area (Å²) >= 11 is 0. The fraction of sp³-hybridized carbons (Fsp3) is 0.100. The molecule has 0 aliphatic rings. The number of phenolic OH excluding ortho intramolecular Hbond substituents is 1. The van der Waals surface area contributed by atoms with Crippen molar-refractivity contribution in [3.8, 4) is 11.8 Å². The number of aromatic amines is 1. The maximum absolute atomic E-state index is 12.1. The van der Waals surface area contributed by atoms with Gasteiger partial charge >= 0.3 is 0 Å². The summed E-state index contributed by atoms with van der Waals surface area (Å²) < 4.78 is 0. The number of aromatic nitrogens is 1. The number of rotatable bonds is 6. The Hall–Kier alpha value is -3.72. The molecule has 26 heavy (non-hydrogen) atoms. The predicted molar refractivity (Wildman–Crippen MR) is 100 cm³/mol. The van der Waals surface area contributed by atoms with Gasteiger partial charge < -0.3 is 20.7 Å². The smallest absolute Gasteiger partial charge is 0.267 e. The number of aromatic hydroxyl groups is 1. The summed E-state index contributed by atoms with van der Waals surface area (Å²) in [4.78, 5) is 15.3. The lowest BCUT2D eigenvalue weighted by molar-refractivity contribution is -0.112. The monoisotopic (exact) mass is 346 g/mol. The Morgan fingerprint density at radius 1 is 1.23 bits per heavy atom. The van der Waals surface area contributed by atoms with Gasteiger partial charge in [0.1, 0.15) is 17.4 Å². The number of nitrogens with zero attached hydrogens (tertiary/aromatic N) is 1. The van der Waals surface area contributed by atoms with E-state index in [0.717, 1.165) is 11.9 Å². The molecule has 0 radical (unpaired) electrons. The summed E-state index contributed by atoms with van der Waals surface area (Å²) in [5, 5.41) is 25.3. The van der Waals surface area contributed by atoms with Crippen molar-refractivity contribution in [1.29, 1.82) is 5.26 Å². The molecule has 4 N–H and O–H groups in total. The van der Waals surface area contributed by atoms with Gasteiger partial charge in [0.25, 0.3) is 5.91 Å². The van der Waals surface area contributed by atoms with Gasteiger partial charge in [-0.3, -0.25) is 4.79 Å². The van der Waals surface area contributed by atoms with Crippen molar-refractivity contribution >= 4 is 22.5 Å². The number of H-pyrrole nitrogens is 1. The number of carbonyl (C=O) groups excluding carboxylic acids is 1. The number of fused-ring (bicyclic) bond motifs is 1. The molecule has 0 aliphatic heterocycles. The van der Waals surface area contributed by atoms with Crippen LogP contribution in [-0.2, 0) is 11.2 Å². The Morgan fingerprint density at radius 2 is 2.08 bits per heavy atom. The largest absolute Gasteiger partial charge is 0.508 e. The highest BCUT2D eigenvalue weighted by Gasteiger charge is 2.09. The number of anilines is 1. The number of amides is 1. The molecule has 130 valence electrons. The first-order valence-corrected chi connectivity index (χ1v) is 8.16. The third-order valence-corrected chi connectivity index (χ3v) is 3.93. The number of hydrogen-bond donors (Lipinski definition) is 4. The van der Waals surface area contributed by atoms with Crippen LogP contribution in [0.2, 0.25) is 0 Å². The predicted octanol–water partition coefficient (Wildman–Crippen LogP) is 3.05. The zero-order chi connectivity index (χ0) is 18.4. The number of carbonyl (C=O) groups is 1. The summed E-state index contributed by atoms with van der Waals surface area (Å²) in [5.74, 6) is -0.486. The van der Waals surface area contributed by atoms with Crippen LogP contribution in [0.25, 0.3) is 10.9 Å². The Morgan fingerprint density at radius 3 is 2.88 bits per heavy atom. The van der Waals surface area contributed by atoms with Crippen molar-refractivity contribution in [2.24, 2.45) is 0 Å². The topological polar surface area (TPSA) is 101 Å². The summed E-state index contributed by atoms with van der Waals surface area (Å²) in [5.41, 5.74) is 2.65. The molecule has 0 unspecified atom stereocenters. The van der Waals surface area contributed by atoms with Crippen LogP contribution >= 0.6 is 0 Å². The first-order chi connectivity index (χ1) is 12.7. The van der Waals surface area contributed by atoms with Crippen molar-refractivity contribution in [2.45, 2.75) is 6.42 Å². The van der Waals surface area contributed by atoms with E-state index in [2.05, 4.69) is 21.7 Å². The molecule has 0 spiro atoms. The lowest BCUT2D eigenvalue weighted by Crippen LogP contribution is -2.17. The van der Waals surface area contributed by atoms with E-state index in [0.29, 0.717) is 12.2 Å². The highest BCUT2D eigenvalue weighted by molar-refractivity contribution is 6.06. The molecule has 2 aromatic carbocycles. The zero-order valence-electron chi connectivity index (χ0n) is 14.0. The Labute approximate surface area is 150 Å². The molecular weight excluding hydrogens is 328 g/mol. The van der Waals surface area contributed by atoms with Crippen LogP contribution in [0.5, 0.6) is 5.75 Å². The molecule has 3 rings (SSSR count). The average Bonchev–Trinajstić information content (AvgIpc) is 3.05. The SMILES string of the molecule is N#C/C(=C/NCCc1c[nH]c2ccccc12)C(=O)Nc1cccc(O)c1. The number of nitriles is 1. The molecule has 0 saturated heterocycles. The van der Waals surface area contributed by atoms with Crippen LogP contribution in [0.4, 0.5) is 5.69 Å². The van der Waals surface area contributed by atoms with Crippen LogP contribution in [0.15, 0.2) is 66.5 Å². The molecule has 3 aromatic rings. The minimum absolute atomic E-state index is 0.0349. The fourth-order valence-electron chi connectivity index (χ4n) is 2.65. The van der Waals surface area contributed by atoms with Crippen LogP contribution in [0, 0.1) is 11.3 Å². The normalized spacial score (nSPS) is 11.1. The number of hydrogen-bond acceptors (Lipinski definition) is 4. The second-order valence-electron chi connectivity index (χ2n) is 5.74. The number of phenols is 1. The lowest BCUT2D eigenvalue weighted by Gasteiger charge is -2.05. The van der Waals surface area contributed by atoms with E-state index in [1.807, 2.05) is 30.5 Å². The van der Waals surface area contributed by atoms with Gasteiger partial charge in [0.05, 0.1) is 0 Å². The highest BCUT2D eigenvalue weighted by atomic mass is 16.3. The maximum Gasteiger partial charge on any atom is 0.267 e. The van der Waals surface area contributed by atoms with Crippen molar-refractivity contribution in [3.63, 3.8) is 0 Å². The Balaban J connectivity index is 1.57. The molecule has 0 atom stereocenters. The standard InChI is InChI=1S/C20H18N4O2/c21-11-15(20(26)24-16-4-3-5-17(25)10-16)12-22-9-8-14-13-23-19-7-2-1-6-18(14)19/h1-7,10,12-13,22-23,25H,8-9H2,(H,24,26)/b15-12-. The van der Waals surface area contributed by atoms with Gasteiger partial charge in [0.2, 0.25) is 0 Å². The second-order valence-corrected chi connectivity index (χ2v) is 5.74. The molecular formula is C20H18N4O2. The van der Waals surface area contributed by atoms with Crippen LogP contribution < -0.4 is 10.6 Å². The van der Waals surface area contributed by atoms with E-state index in [9.17, 15) is 15.2 Å². The molecule has 1 aromatic heterocycles. The molecule has 0 bridgehead atoms. The zero-order valence-corrected chi connectivity index (χ0v) is 14.0. The van der Waals surface area contributed by atoms with E-state index in [1.165, 1.54) is 29.3 Å². The van der Waals surface area contributed by atoms with Crippen LogP contribution in [0.1, 0.15) is 5.56 Å². The molecule has 1 heterocycles. The molecule has 6 heteroatoms. The highest BCUT2D eigenvalue weighted by Crippen LogP contribution is 2.18. The van der Waals surface area contributed by atoms with Crippen LogP contribution in [-0.4, -0.2) is 22.5 Å². The second kappa shape index (κ2) is 7.90. The molecule has 0 aliphatic carbocycles. The van der Waals surface area contributed by atoms with Crippen molar-refractivity contribution < 1.29 is 9.90 Å². The van der Waals surface area contributed by atoms with E-state index in [-0.39, 0.29) is 11.3 Å². The Kier molecular flexibility index (Phi) is 5.20. The molecule has 6 nitrogen and oxygen atoms in total. The van der Waals surface area contributed by atoms with E-state index in [4.69, 9.17) is 0 Å². The molecule has 0 saturated carbocycles. The van der Waals surface area contributed by atoms with Gasteiger partial charge in [-0.25, -0.2) is 0 Å². The first-order valence-electron chi connectivity index (χ1n) is 8.16.